The number of carbonyl (C=O) groups is 1. The van der Waals surface area contributed by atoms with Crippen molar-refractivity contribution in [3.8, 4) is 11.1 Å². The van der Waals surface area contributed by atoms with Crippen molar-refractivity contribution in [1.29, 1.82) is 0 Å². The zero-order valence-corrected chi connectivity index (χ0v) is 24.9. The third-order valence-electron chi connectivity index (χ3n) is 8.77. The van der Waals surface area contributed by atoms with Crippen LogP contribution in [-0.2, 0) is 9.53 Å². The fourth-order valence-electron chi connectivity index (χ4n) is 6.32. The molecule has 0 unspecified atom stereocenters. The summed E-state index contributed by atoms with van der Waals surface area (Å²) in [5.41, 5.74) is 3.49. The lowest BCUT2D eigenvalue weighted by Crippen LogP contribution is -2.43. The Labute approximate surface area is 248 Å². The van der Waals surface area contributed by atoms with Crippen molar-refractivity contribution in [3.05, 3.63) is 71.1 Å². The van der Waals surface area contributed by atoms with Gasteiger partial charge in [-0.15, -0.1) is 11.3 Å². The van der Waals surface area contributed by atoms with E-state index in [1.54, 1.807) is 32.9 Å². The van der Waals surface area contributed by atoms with Gasteiger partial charge in [0.15, 0.2) is 0 Å². The van der Waals surface area contributed by atoms with Crippen LogP contribution in [-0.4, -0.2) is 72.7 Å². The molecular weight excluding hydrogens is 546 g/mol. The highest BCUT2D eigenvalue weighted by Gasteiger charge is 2.23. The van der Waals surface area contributed by atoms with E-state index in [0.29, 0.717) is 31.4 Å². The van der Waals surface area contributed by atoms with Gasteiger partial charge in [-0.05, 0) is 56.5 Å². The van der Waals surface area contributed by atoms with Gasteiger partial charge in [-0.1, -0.05) is 18.2 Å². The Kier molecular flexibility index (Phi) is 7.17. The van der Waals surface area contributed by atoms with Gasteiger partial charge in [0.25, 0.3) is 5.56 Å². The Hall–Kier alpha value is -3.79. The summed E-state index contributed by atoms with van der Waals surface area (Å²) < 4.78 is 9.39. The number of aromatic nitrogens is 2. The number of carbonyl (C=O) groups excluding carboxylic acids is 1. The van der Waals surface area contributed by atoms with E-state index in [9.17, 15) is 9.59 Å². The molecule has 5 heterocycles. The Morgan fingerprint density at radius 2 is 1.86 bits per heavy atom. The molecule has 0 radical (unpaired) electrons. The minimum Gasteiger partial charge on any atom is -0.379 e. The van der Waals surface area contributed by atoms with Gasteiger partial charge in [-0.3, -0.25) is 18.9 Å². The molecule has 42 heavy (non-hydrogen) atoms. The quantitative estimate of drug-likeness (QED) is 0.277. The minimum absolute atomic E-state index is 0.0624. The molecule has 2 fully saturated rings. The molecule has 8 nitrogen and oxygen atoms in total. The SMILES string of the molecule is C[C@@H]1CCCCN1c1cc(=O)n2cccc(-c3cccc4c3sc3ccc(N(C)C(=O)CN5CCOCC5)cc34)c2n1. The fourth-order valence-corrected chi connectivity index (χ4v) is 7.53. The van der Waals surface area contributed by atoms with Gasteiger partial charge in [0.05, 0.1) is 19.8 Å². The standard InChI is InChI=1S/C33H35N5O3S/c1-22-7-3-4-13-37(22)29-20-30(39)38-14-6-10-26(33(38)34-29)24-8-5-9-25-27-19-23(11-12-28(27)42-32(24)25)35(2)31(40)21-36-15-17-41-18-16-36/h5-6,8-12,14,19-20,22H,3-4,7,13,15-18,21H2,1-2H3/t22-/m1/s1. The van der Waals surface area contributed by atoms with Gasteiger partial charge < -0.3 is 14.5 Å². The topological polar surface area (TPSA) is 70.4 Å². The lowest BCUT2D eigenvalue weighted by molar-refractivity contribution is -0.120. The minimum atomic E-state index is -0.0624. The third kappa shape index (κ3) is 4.85. The van der Waals surface area contributed by atoms with E-state index in [0.717, 1.165) is 75.3 Å². The summed E-state index contributed by atoms with van der Waals surface area (Å²) in [5, 5.41) is 2.25. The number of anilines is 2. The van der Waals surface area contributed by atoms with Crippen LogP contribution in [0.1, 0.15) is 26.2 Å². The summed E-state index contributed by atoms with van der Waals surface area (Å²) in [6.07, 6.45) is 5.24. The van der Waals surface area contributed by atoms with Gasteiger partial charge >= 0.3 is 0 Å². The van der Waals surface area contributed by atoms with Gasteiger partial charge in [0, 0.05) is 82.0 Å². The maximum Gasteiger partial charge on any atom is 0.259 e. The van der Waals surface area contributed by atoms with E-state index in [2.05, 4.69) is 53.1 Å². The number of thiophene rings is 1. The predicted octanol–water partition coefficient (Wildman–Crippen LogP) is 5.40. The number of fused-ring (bicyclic) bond motifs is 4. The van der Waals surface area contributed by atoms with Crippen LogP contribution in [0, 0.1) is 0 Å². The maximum absolute atomic E-state index is 13.3. The first-order valence-electron chi connectivity index (χ1n) is 14.8. The van der Waals surface area contributed by atoms with Crippen molar-refractivity contribution < 1.29 is 9.53 Å². The second-order valence-corrected chi connectivity index (χ2v) is 12.5. The Bertz CT molecular complexity index is 1860. The van der Waals surface area contributed by atoms with E-state index in [1.165, 1.54) is 6.42 Å². The number of hydrogen-bond acceptors (Lipinski definition) is 7. The second kappa shape index (κ2) is 11.1. The third-order valence-corrected chi connectivity index (χ3v) is 9.99. The van der Waals surface area contributed by atoms with Gasteiger partial charge in [-0.2, -0.15) is 0 Å². The highest BCUT2D eigenvalue weighted by Crippen LogP contribution is 2.42. The zero-order valence-electron chi connectivity index (χ0n) is 24.1. The zero-order chi connectivity index (χ0) is 28.8. The normalized spacial score (nSPS) is 18.2. The average molecular weight is 582 g/mol. The number of benzene rings is 2. The lowest BCUT2D eigenvalue weighted by atomic mass is 10.0. The molecule has 2 saturated heterocycles. The van der Waals surface area contributed by atoms with Crippen LogP contribution in [0.4, 0.5) is 11.5 Å². The van der Waals surface area contributed by atoms with E-state index in [-0.39, 0.29) is 11.5 Å². The van der Waals surface area contributed by atoms with Crippen molar-refractivity contribution in [1.82, 2.24) is 14.3 Å². The molecule has 1 amide bonds. The lowest BCUT2D eigenvalue weighted by Gasteiger charge is -2.34. The van der Waals surface area contributed by atoms with Gasteiger partial charge in [0.1, 0.15) is 11.5 Å². The number of ether oxygens (including phenoxy) is 1. The van der Waals surface area contributed by atoms with Crippen LogP contribution in [0.25, 0.3) is 36.9 Å². The number of morpholine rings is 1. The van der Waals surface area contributed by atoms with E-state index >= 15 is 0 Å². The van der Waals surface area contributed by atoms with Crippen LogP contribution in [0.3, 0.4) is 0 Å². The molecule has 0 bridgehead atoms. The van der Waals surface area contributed by atoms with Crippen molar-refractivity contribution in [2.24, 2.45) is 0 Å². The summed E-state index contributed by atoms with van der Waals surface area (Å²) in [5.74, 6) is 0.833. The molecule has 0 N–H and O–H groups in total. The summed E-state index contributed by atoms with van der Waals surface area (Å²) in [6, 6.07) is 18.6. The molecule has 2 aliphatic rings. The molecule has 3 aromatic heterocycles. The van der Waals surface area contributed by atoms with E-state index in [4.69, 9.17) is 9.72 Å². The number of nitrogens with zero attached hydrogens (tertiary/aromatic N) is 5. The van der Waals surface area contributed by atoms with E-state index in [1.807, 2.05) is 19.2 Å². The van der Waals surface area contributed by atoms with Gasteiger partial charge in [0.2, 0.25) is 5.91 Å². The largest absolute Gasteiger partial charge is 0.379 e. The van der Waals surface area contributed by atoms with Crippen LogP contribution in [0.15, 0.2) is 65.6 Å². The number of rotatable bonds is 5. The summed E-state index contributed by atoms with van der Waals surface area (Å²) in [7, 11) is 1.85. The monoisotopic (exact) mass is 581 g/mol. The first kappa shape index (κ1) is 27.1. The fraction of sp³-hybridized carbons (Fsp3) is 0.364. The summed E-state index contributed by atoms with van der Waals surface area (Å²) in [6.45, 7) is 6.43. The highest BCUT2D eigenvalue weighted by molar-refractivity contribution is 7.26. The molecule has 9 heteroatoms. The Morgan fingerprint density at radius 1 is 1.02 bits per heavy atom. The molecule has 0 aliphatic carbocycles. The molecule has 5 aromatic rings. The Morgan fingerprint density at radius 3 is 2.69 bits per heavy atom. The molecular formula is C33H35N5O3S. The predicted molar refractivity (Wildman–Crippen MR) is 171 cm³/mol. The number of pyridine rings is 1. The van der Waals surface area contributed by atoms with Crippen LogP contribution < -0.4 is 15.4 Å². The van der Waals surface area contributed by atoms with Crippen LogP contribution in [0.2, 0.25) is 0 Å². The number of hydrogen-bond donors (Lipinski definition) is 0. The summed E-state index contributed by atoms with van der Waals surface area (Å²) in [4.78, 5) is 37.7. The van der Waals surface area contributed by atoms with Crippen molar-refractivity contribution >= 4 is 54.6 Å². The van der Waals surface area contributed by atoms with Crippen LogP contribution >= 0.6 is 11.3 Å². The highest BCUT2D eigenvalue weighted by atomic mass is 32.1. The van der Waals surface area contributed by atoms with Crippen molar-refractivity contribution in [2.75, 3.05) is 56.2 Å². The number of amides is 1. The van der Waals surface area contributed by atoms with E-state index < -0.39 is 0 Å². The maximum atomic E-state index is 13.3. The van der Waals surface area contributed by atoms with Crippen molar-refractivity contribution in [3.63, 3.8) is 0 Å². The molecule has 2 aromatic carbocycles. The summed E-state index contributed by atoms with van der Waals surface area (Å²) >= 11 is 1.73. The number of likely N-dealkylation sites (N-methyl/N-ethyl adjacent to an activating group) is 1. The number of piperidine rings is 1. The Balaban J connectivity index is 1.29. The van der Waals surface area contributed by atoms with Gasteiger partial charge in [-0.25, -0.2) is 4.98 Å². The first-order chi connectivity index (χ1) is 20.5. The first-order valence-corrected chi connectivity index (χ1v) is 15.6. The van der Waals surface area contributed by atoms with Crippen LogP contribution in [0.5, 0.6) is 0 Å². The second-order valence-electron chi connectivity index (χ2n) is 11.4. The van der Waals surface area contributed by atoms with Crippen molar-refractivity contribution in [2.45, 2.75) is 32.2 Å². The smallest absolute Gasteiger partial charge is 0.259 e. The molecule has 0 saturated carbocycles. The molecule has 216 valence electrons. The average Bonchev–Trinajstić information content (AvgIpc) is 3.39. The molecule has 7 rings (SSSR count). The molecule has 2 aliphatic heterocycles. The molecule has 1 atom stereocenters. The molecule has 0 spiro atoms.